The Morgan fingerprint density at radius 3 is 2.74 bits per heavy atom. The van der Waals surface area contributed by atoms with Crippen molar-refractivity contribution < 1.29 is 9.90 Å². The lowest BCUT2D eigenvalue weighted by atomic mass is 10.3. The maximum Gasteiger partial charge on any atom is 0.325 e. The van der Waals surface area contributed by atoms with E-state index in [-0.39, 0.29) is 19.0 Å². The summed E-state index contributed by atoms with van der Waals surface area (Å²) >= 11 is 0. The van der Waals surface area contributed by atoms with Gasteiger partial charge in [-0.1, -0.05) is 0 Å². The number of nitrogens with zero attached hydrogens (tertiary/aromatic N) is 5. The molecule has 1 aliphatic heterocycles. The Morgan fingerprint density at radius 2 is 2.05 bits per heavy atom. The monoisotopic (exact) mass is 283 g/mol. The van der Waals surface area contributed by atoms with Crippen molar-refractivity contribution in [1.29, 1.82) is 0 Å². The first kappa shape index (κ1) is 13.5. The molecule has 0 bridgehead atoms. The number of carbonyl (C=O) groups is 1. The smallest absolute Gasteiger partial charge is 0.325 e. The number of hydrogen-bond acceptors (Lipinski definition) is 5. The maximum absolute atomic E-state index is 10.7. The van der Waals surface area contributed by atoms with Gasteiger partial charge in [-0.05, 0) is 12.8 Å². The zero-order valence-corrected chi connectivity index (χ0v) is 11.0. The molecule has 3 rings (SSSR count). The summed E-state index contributed by atoms with van der Waals surface area (Å²) < 4.78 is 1.39. The molecule has 0 unspecified atom stereocenters. The van der Waals surface area contributed by atoms with Crippen molar-refractivity contribution in [3.05, 3.63) is 12.5 Å². The van der Waals surface area contributed by atoms with Gasteiger partial charge in [0.25, 0.3) is 0 Å². The summed E-state index contributed by atoms with van der Waals surface area (Å²) in [6.45, 7) is 1.78. The molecule has 7 nitrogen and oxygen atoms in total. The zero-order chi connectivity index (χ0) is 12.5. The molecular weight excluding hydrogens is 270 g/mol. The molecule has 0 aliphatic carbocycles. The zero-order valence-electron chi connectivity index (χ0n) is 10.2. The lowest BCUT2D eigenvalue weighted by Gasteiger charge is -2.16. The number of carboxylic acid groups (broad SMARTS) is 1. The quantitative estimate of drug-likeness (QED) is 0.902. The number of halogens is 1. The van der Waals surface area contributed by atoms with Crippen molar-refractivity contribution in [2.24, 2.45) is 0 Å². The van der Waals surface area contributed by atoms with Gasteiger partial charge in [-0.25, -0.2) is 14.6 Å². The molecule has 1 saturated heterocycles. The van der Waals surface area contributed by atoms with Crippen LogP contribution in [0.25, 0.3) is 11.0 Å². The largest absolute Gasteiger partial charge is 0.480 e. The third-order valence-corrected chi connectivity index (χ3v) is 3.10. The van der Waals surface area contributed by atoms with E-state index in [1.54, 1.807) is 6.20 Å². The second kappa shape index (κ2) is 5.40. The average molecular weight is 284 g/mol. The van der Waals surface area contributed by atoms with Crippen LogP contribution in [0.5, 0.6) is 0 Å². The molecule has 0 aromatic carbocycles. The SMILES string of the molecule is Cl.O=C(O)Cn1ncc2c(N3CCCC3)ncnc21. The van der Waals surface area contributed by atoms with Gasteiger partial charge >= 0.3 is 5.97 Å². The average Bonchev–Trinajstić information content (AvgIpc) is 2.98. The second-order valence-corrected chi connectivity index (χ2v) is 4.32. The molecule has 0 radical (unpaired) electrons. The van der Waals surface area contributed by atoms with Crippen LogP contribution in [-0.2, 0) is 11.3 Å². The van der Waals surface area contributed by atoms with E-state index in [9.17, 15) is 4.79 Å². The molecule has 1 aliphatic rings. The maximum atomic E-state index is 10.7. The van der Waals surface area contributed by atoms with E-state index in [1.807, 2.05) is 0 Å². The van der Waals surface area contributed by atoms with Crippen LogP contribution in [0.15, 0.2) is 12.5 Å². The Kier molecular flexibility index (Phi) is 3.84. The fourth-order valence-corrected chi connectivity index (χ4v) is 2.31. The second-order valence-electron chi connectivity index (χ2n) is 4.32. The normalized spacial score (nSPS) is 14.6. The van der Waals surface area contributed by atoms with Gasteiger partial charge in [-0.3, -0.25) is 4.79 Å². The van der Waals surface area contributed by atoms with Crippen LogP contribution < -0.4 is 4.90 Å². The molecule has 1 N–H and O–H groups in total. The van der Waals surface area contributed by atoms with Gasteiger partial charge in [-0.15, -0.1) is 12.4 Å². The van der Waals surface area contributed by atoms with E-state index in [0.29, 0.717) is 5.65 Å². The van der Waals surface area contributed by atoms with Gasteiger partial charge in [0.2, 0.25) is 0 Å². The fourth-order valence-electron chi connectivity index (χ4n) is 2.31. The third kappa shape index (κ3) is 2.46. The van der Waals surface area contributed by atoms with Gasteiger partial charge in [0, 0.05) is 13.1 Å². The summed E-state index contributed by atoms with van der Waals surface area (Å²) in [7, 11) is 0. The number of rotatable bonds is 3. The minimum Gasteiger partial charge on any atom is -0.480 e. The number of hydrogen-bond donors (Lipinski definition) is 1. The first-order valence-corrected chi connectivity index (χ1v) is 5.89. The van der Waals surface area contributed by atoms with Crippen LogP contribution in [0.4, 0.5) is 5.82 Å². The topological polar surface area (TPSA) is 84.1 Å². The summed E-state index contributed by atoms with van der Waals surface area (Å²) in [5.41, 5.74) is 0.578. The highest BCUT2D eigenvalue weighted by atomic mass is 35.5. The molecule has 19 heavy (non-hydrogen) atoms. The Balaban J connectivity index is 0.00000133. The van der Waals surface area contributed by atoms with Gasteiger partial charge < -0.3 is 10.0 Å². The Labute approximate surface area is 115 Å². The molecule has 8 heteroatoms. The number of anilines is 1. The van der Waals surface area contributed by atoms with Crippen molar-refractivity contribution >= 4 is 35.2 Å². The molecule has 1 fully saturated rings. The summed E-state index contributed by atoms with van der Waals surface area (Å²) in [5, 5.41) is 13.7. The van der Waals surface area contributed by atoms with Gasteiger partial charge in [0.05, 0.1) is 11.6 Å². The van der Waals surface area contributed by atoms with Crippen LogP contribution in [0.2, 0.25) is 0 Å². The molecular formula is C11H14ClN5O2. The van der Waals surface area contributed by atoms with E-state index in [2.05, 4.69) is 20.0 Å². The minimum absolute atomic E-state index is 0. The Bertz CT molecular complexity index is 594. The van der Waals surface area contributed by atoms with E-state index in [4.69, 9.17) is 5.11 Å². The van der Waals surface area contributed by atoms with E-state index in [1.165, 1.54) is 11.0 Å². The number of carboxylic acids is 1. The summed E-state index contributed by atoms with van der Waals surface area (Å²) in [5.74, 6) is -0.0736. The molecule has 0 amide bonds. The minimum atomic E-state index is -0.929. The van der Waals surface area contributed by atoms with Crippen molar-refractivity contribution in [3.8, 4) is 0 Å². The van der Waals surface area contributed by atoms with E-state index in [0.717, 1.165) is 37.1 Å². The third-order valence-electron chi connectivity index (χ3n) is 3.10. The predicted molar refractivity (Wildman–Crippen MR) is 71.7 cm³/mol. The molecule has 0 saturated carbocycles. The summed E-state index contributed by atoms with van der Waals surface area (Å²) in [6.07, 6.45) is 5.44. The van der Waals surface area contributed by atoms with E-state index < -0.39 is 5.97 Å². The van der Waals surface area contributed by atoms with Crippen LogP contribution in [0.3, 0.4) is 0 Å². The fraction of sp³-hybridized carbons (Fsp3) is 0.455. The molecule has 102 valence electrons. The van der Waals surface area contributed by atoms with Gasteiger partial charge in [0.15, 0.2) is 5.65 Å². The van der Waals surface area contributed by atoms with Crippen LogP contribution in [0.1, 0.15) is 12.8 Å². The number of aromatic nitrogens is 4. The first-order chi connectivity index (χ1) is 8.75. The van der Waals surface area contributed by atoms with Crippen LogP contribution in [-0.4, -0.2) is 43.9 Å². The molecule has 0 spiro atoms. The van der Waals surface area contributed by atoms with Gasteiger partial charge in [0.1, 0.15) is 18.7 Å². The number of fused-ring (bicyclic) bond motifs is 1. The standard InChI is InChI=1S/C11H13N5O2.ClH/c17-9(18)6-16-11-8(5-14-16)10(12-7-13-11)15-3-1-2-4-15;/h5,7H,1-4,6H2,(H,17,18);1H. The lowest BCUT2D eigenvalue weighted by molar-refractivity contribution is -0.137. The molecule has 3 heterocycles. The van der Waals surface area contributed by atoms with Crippen molar-refractivity contribution in [2.45, 2.75) is 19.4 Å². The van der Waals surface area contributed by atoms with Gasteiger partial charge in [-0.2, -0.15) is 5.10 Å². The first-order valence-electron chi connectivity index (χ1n) is 5.89. The Morgan fingerprint density at radius 1 is 1.32 bits per heavy atom. The molecule has 2 aromatic heterocycles. The highest BCUT2D eigenvalue weighted by Gasteiger charge is 2.19. The van der Waals surface area contributed by atoms with Crippen LogP contribution in [0, 0.1) is 0 Å². The highest BCUT2D eigenvalue weighted by Crippen LogP contribution is 2.25. The lowest BCUT2D eigenvalue weighted by Crippen LogP contribution is -2.19. The molecule has 2 aromatic rings. The van der Waals surface area contributed by atoms with E-state index >= 15 is 0 Å². The van der Waals surface area contributed by atoms with Crippen molar-refractivity contribution in [1.82, 2.24) is 19.7 Å². The number of aliphatic carboxylic acids is 1. The van der Waals surface area contributed by atoms with Crippen molar-refractivity contribution in [2.75, 3.05) is 18.0 Å². The predicted octanol–water partition coefficient (Wildman–Crippen LogP) is 0.933. The highest BCUT2D eigenvalue weighted by molar-refractivity contribution is 5.87. The van der Waals surface area contributed by atoms with Crippen LogP contribution >= 0.6 is 12.4 Å². The Hall–Kier alpha value is -1.89. The summed E-state index contributed by atoms with van der Waals surface area (Å²) in [4.78, 5) is 21.3. The van der Waals surface area contributed by atoms with Crippen molar-refractivity contribution in [3.63, 3.8) is 0 Å². The summed E-state index contributed by atoms with van der Waals surface area (Å²) in [6, 6.07) is 0. The molecule has 0 atom stereocenters.